The minimum atomic E-state index is -0.869. The molecule has 2 nitrogen and oxygen atoms in total. The Kier molecular flexibility index (Phi) is 2.39. The molecule has 52 valence electrons. The molecule has 0 aliphatic rings. The zero-order chi connectivity index (χ0) is 7.56. The standard InChI is InChI=1S/C7H5AtO2/c8-6-3-1-5(2-4-6)7(9)10/h1-4H,(H,9,10). The molecule has 10 heavy (non-hydrogen) atoms. The van der Waals surface area contributed by atoms with E-state index in [2.05, 4.69) is 0 Å². The molecule has 0 saturated heterocycles. The van der Waals surface area contributed by atoms with E-state index in [-0.39, 0.29) is 0 Å². The van der Waals surface area contributed by atoms with Crippen LogP contribution in [0.25, 0.3) is 0 Å². The summed E-state index contributed by atoms with van der Waals surface area (Å²) in [5.74, 6) is -0.869. The van der Waals surface area contributed by atoms with Crippen LogP contribution < -0.4 is 3.27 Å². The van der Waals surface area contributed by atoms with Crippen molar-refractivity contribution in [3.05, 3.63) is 29.8 Å². The summed E-state index contributed by atoms with van der Waals surface area (Å²) in [6, 6.07) is 6.83. The predicted octanol–water partition coefficient (Wildman–Crippen LogP) is 0.559. The average molecular weight is 331 g/mol. The van der Waals surface area contributed by atoms with Crippen LogP contribution in [-0.4, -0.2) is 11.1 Å². The summed E-state index contributed by atoms with van der Waals surface area (Å²) in [5.41, 5.74) is 0.347. The van der Waals surface area contributed by atoms with Gasteiger partial charge in [0, 0.05) is 0 Å². The monoisotopic (exact) mass is 331 g/mol. The van der Waals surface area contributed by atoms with Crippen molar-refractivity contribution in [1.29, 1.82) is 0 Å². The Labute approximate surface area is 73.7 Å². The number of rotatable bonds is 1. The maximum atomic E-state index is 10.3. The number of carboxylic acids is 1. The van der Waals surface area contributed by atoms with Gasteiger partial charge in [0.05, 0.1) is 0 Å². The molecule has 0 aliphatic carbocycles. The Morgan fingerprint density at radius 1 is 1.30 bits per heavy atom. The zero-order valence-corrected chi connectivity index (χ0v) is 7.98. The summed E-state index contributed by atoms with van der Waals surface area (Å²) in [6.45, 7) is 0. The molecule has 0 saturated carbocycles. The van der Waals surface area contributed by atoms with E-state index in [0.29, 0.717) is 5.56 Å². The second-order valence-electron chi connectivity index (χ2n) is 1.81. The van der Waals surface area contributed by atoms with Crippen molar-refractivity contribution < 1.29 is 34.6 Å². The first-order valence-corrected chi connectivity index (χ1v) is 4.16. The van der Waals surface area contributed by atoms with Crippen molar-refractivity contribution in [3.63, 3.8) is 0 Å². The van der Waals surface area contributed by atoms with Crippen LogP contribution in [0.2, 0.25) is 0 Å². The average Bonchev–Trinajstić information content (AvgIpc) is 1.88. The molecule has 0 radical (unpaired) electrons. The van der Waals surface area contributed by atoms with Crippen molar-refractivity contribution in [2.45, 2.75) is 0 Å². The Morgan fingerprint density at radius 3 is 2.20 bits per heavy atom. The Morgan fingerprint density at radius 2 is 1.80 bits per heavy atom. The van der Waals surface area contributed by atoms with Crippen LogP contribution in [0.15, 0.2) is 24.3 Å². The number of hydrogen-bond acceptors (Lipinski definition) is 1. The molecule has 0 fully saturated rings. The first-order chi connectivity index (χ1) is 4.70. The molecule has 0 aromatic heterocycles. The summed E-state index contributed by atoms with van der Waals surface area (Å²) in [6.07, 6.45) is 0. The molecule has 0 spiro atoms. The van der Waals surface area contributed by atoms with Crippen LogP contribution in [0.1, 0.15) is 10.4 Å². The van der Waals surface area contributed by atoms with Gasteiger partial charge in [0.2, 0.25) is 0 Å². The van der Waals surface area contributed by atoms with Crippen LogP contribution >= 0.6 is 0 Å². The van der Waals surface area contributed by atoms with Gasteiger partial charge in [-0.25, -0.2) is 0 Å². The van der Waals surface area contributed by atoms with Crippen molar-refractivity contribution in [2.75, 3.05) is 0 Å². The number of aromatic carboxylic acids is 1. The summed E-state index contributed by atoms with van der Waals surface area (Å²) >= 11 is 1.54. The van der Waals surface area contributed by atoms with Crippen molar-refractivity contribution in [2.24, 2.45) is 0 Å². The second kappa shape index (κ2) is 3.11. The first kappa shape index (κ1) is 7.68. The van der Waals surface area contributed by atoms with E-state index in [4.69, 9.17) is 5.11 Å². The van der Waals surface area contributed by atoms with Gasteiger partial charge in [0.25, 0.3) is 0 Å². The van der Waals surface area contributed by atoms with E-state index in [0.717, 1.165) is 3.27 Å². The quantitative estimate of drug-likeness (QED) is 0.817. The van der Waals surface area contributed by atoms with Crippen LogP contribution in [0, 0.1) is 24.7 Å². The molecule has 0 aliphatic heterocycles. The molecule has 1 N–H and O–H groups in total. The maximum absolute atomic E-state index is 10.3. The SMILES string of the molecule is O=C(O)c1ccc([At])cc1. The van der Waals surface area contributed by atoms with Gasteiger partial charge in [-0.3, -0.25) is 0 Å². The third-order valence-electron chi connectivity index (χ3n) is 1.09. The van der Waals surface area contributed by atoms with Crippen LogP contribution in [0.3, 0.4) is 0 Å². The Hall–Kier alpha value is -0.427. The molecular formula is C7H5AtO2. The number of carbonyl (C=O) groups is 1. The molecule has 1 aromatic carbocycles. The Bertz CT molecular complexity index is 240. The predicted molar refractivity (Wildman–Crippen MR) is 33.0 cm³/mol. The van der Waals surface area contributed by atoms with Crippen LogP contribution in [0.5, 0.6) is 0 Å². The van der Waals surface area contributed by atoms with Gasteiger partial charge >= 0.3 is 73.7 Å². The van der Waals surface area contributed by atoms with Gasteiger partial charge < -0.3 is 0 Å². The summed E-state index contributed by atoms with van der Waals surface area (Å²) in [7, 11) is 0. The molecule has 1 rings (SSSR count). The molecule has 0 atom stereocenters. The van der Waals surface area contributed by atoms with E-state index in [1.165, 1.54) is 0 Å². The molecule has 3 heteroatoms. The third-order valence-corrected chi connectivity index (χ3v) is 2.07. The molecule has 0 heterocycles. The third kappa shape index (κ3) is 1.78. The fraction of sp³-hybridized carbons (Fsp3) is 0. The summed E-state index contributed by atoms with van der Waals surface area (Å²) in [4.78, 5) is 10.3. The summed E-state index contributed by atoms with van der Waals surface area (Å²) in [5, 5.41) is 8.48. The second-order valence-corrected chi connectivity index (χ2v) is 3.51. The molecule has 0 unspecified atom stereocenters. The van der Waals surface area contributed by atoms with Gasteiger partial charge in [-0.2, -0.15) is 0 Å². The number of benzene rings is 1. The fourth-order valence-electron chi connectivity index (χ4n) is 0.592. The molecule has 0 bridgehead atoms. The molecule has 1 aromatic rings. The first-order valence-electron chi connectivity index (χ1n) is 2.69. The fourth-order valence-corrected chi connectivity index (χ4v) is 1.08. The normalized spacial score (nSPS) is 9.30. The van der Waals surface area contributed by atoms with E-state index in [1.807, 2.05) is 0 Å². The minimum absolute atomic E-state index is 0.347. The van der Waals surface area contributed by atoms with Gasteiger partial charge in [-0.1, -0.05) is 0 Å². The summed E-state index contributed by atoms with van der Waals surface area (Å²) < 4.78 is 1.13. The van der Waals surface area contributed by atoms with E-state index in [9.17, 15) is 4.79 Å². The number of carboxylic acid groups (broad SMARTS) is 1. The van der Waals surface area contributed by atoms with Gasteiger partial charge in [-0.15, -0.1) is 0 Å². The van der Waals surface area contributed by atoms with Crippen LogP contribution in [0.4, 0.5) is 0 Å². The zero-order valence-electron chi connectivity index (χ0n) is 5.04. The van der Waals surface area contributed by atoms with E-state index < -0.39 is 5.97 Å². The van der Waals surface area contributed by atoms with Crippen molar-refractivity contribution in [3.8, 4) is 0 Å². The molecular weight excluding hydrogens is 326 g/mol. The van der Waals surface area contributed by atoms with E-state index >= 15 is 0 Å². The molecule has 0 amide bonds. The van der Waals surface area contributed by atoms with E-state index in [1.54, 1.807) is 49.0 Å². The number of hydrogen-bond donors (Lipinski definition) is 1. The van der Waals surface area contributed by atoms with Gasteiger partial charge in [0.1, 0.15) is 0 Å². The topological polar surface area (TPSA) is 37.3 Å². The van der Waals surface area contributed by atoms with Crippen molar-refractivity contribution in [1.82, 2.24) is 0 Å². The van der Waals surface area contributed by atoms with Crippen molar-refractivity contribution >= 4 is 9.24 Å². The van der Waals surface area contributed by atoms with Gasteiger partial charge in [-0.05, 0) is 0 Å². The Balaban J connectivity index is 3.00. The van der Waals surface area contributed by atoms with Gasteiger partial charge in [0.15, 0.2) is 0 Å². The van der Waals surface area contributed by atoms with Crippen LogP contribution in [-0.2, 0) is 0 Å².